The molecule has 18 heavy (non-hydrogen) atoms. The molecule has 0 saturated heterocycles. The van der Waals surface area contributed by atoms with Crippen LogP contribution in [0.3, 0.4) is 0 Å². The summed E-state index contributed by atoms with van der Waals surface area (Å²) in [6.07, 6.45) is 0. The van der Waals surface area contributed by atoms with Gasteiger partial charge in [0.2, 0.25) is 0 Å². The Hall–Kier alpha value is -0.190. The first-order chi connectivity index (χ1) is 8.49. The Bertz CT molecular complexity index is 564. The highest BCUT2D eigenvalue weighted by Crippen LogP contribution is 2.37. The van der Waals surface area contributed by atoms with Gasteiger partial charge in [0.05, 0.1) is 4.83 Å². The Kier molecular flexibility index (Phi) is 4.62. The number of aryl methyl sites for hydroxylation is 1. The van der Waals surface area contributed by atoms with Gasteiger partial charge in [-0.3, -0.25) is 0 Å². The average Bonchev–Trinajstić information content (AvgIpc) is 2.34. The maximum Gasteiger partial charge on any atom is 0.123 e. The zero-order chi connectivity index (χ0) is 13.3. The Morgan fingerprint density at radius 1 is 1.00 bits per heavy atom. The molecule has 2 aromatic carbocycles. The molecule has 2 rings (SSSR count). The van der Waals surface area contributed by atoms with Crippen molar-refractivity contribution in [2.45, 2.75) is 11.8 Å². The molecule has 0 fully saturated rings. The van der Waals surface area contributed by atoms with Crippen LogP contribution in [0.5, 0.6) is 0 Å². The number of benzene rings is 2. The molecule has 1 atom stereocenters. The van der Waals surface area contributed by atoms with Crippen molar-refractivity contribution in [3.05, 3.63) is 67.9 Å². The molecule has 0 aliphatic rings. The van der Waals surface area contributed by atoms with E-state index in [9.17, 15) is 4.39 Å². The summed E-state index contributed by atoms with van der Waals surface area (Å²) < 4.78 is 15.0. The van der Waals surface area contributed by atoms with Gasteiger partial charge in [0.1, 0.15) is 5.82 Å². The second-order valence-electron chi connectivity index (χ2n) is 4.04. The van der Waals surface area contributed by atoms with Crippen molar-refractivity contribution in [2.75, 3.05) is 0 Å². The quantitative estimate of drug-likeness (QED) is 0.496. The van der Waals surface area contributed by atoms with Crippen LogP contribution in [0.1, 0.15) is 21.5 Å². The minimum Gasteiger partial charge on any atom is -0.207 e. The molecule has 0 aromatic heterocycles. The normalized spacial score (nSPS) is 12.5. The number of halogens is 4. The first kappa shape index (κ1) is 14.2. The number of alkyl halides is 1. The second-order valence-corrected chi connectivity index (χ2v) is 6.66. The predicted octanol–water partition coefficient (Wildman–Crippen LogP) is 6.14. The smallest absolute Gasteiger partial charge is 0.123 e. The molecule has 0 bridgehead atoms. The predicted molar refractivity (Wildman–Crippen MR) is 83.7 cm³/mol. The molecule has 0 amide bonds. The Labute approximate surface area is 131 Å². The molecule has 0 heterocycles. The molecule has 0 nitrogen and oxygen atoms in total. The molecular weight excluding hydrogens is 427 g/mol. The van der Waals surface area contributed by atoms with Crippen LogP contribution in [0.25, 0.3) is 0 Å². The fraction of sp³-hybridized carbons (Fsp3) is 0.143. The molecular formula is C14H10Br3F. The van der Waals surface area contributed by atoms with E-state index in [1.807, 2.05) is 6.92 Å². The van der Waals surface area contributed by atoms with Crippen LogP contribution in [-0.4, -0.2) is 0 Å². The maximum atomic E-state index is 12.9. The fourth-order valence-electron chi connectivity index (χ4n) is 1.67. The molecule has 1 unspecified atom stereocenters. The first-order valence-corrected chi connectivity index (χ1v) is 7.84. The lowest BCUT2D eigenvalue weighted by atomic mass is 10.0. The van der Waals surface area contributed by atoms with E-state index in [1.165, 1.54) is 17.7 Å². The van der Waals surface area contributed by atoms with Gasteiger partial charge in [-0.2, -0.15) is 0 Å². The molecule has 0 N–H and O–H groups in total. The molecule has 0 radical (unpaired) electrons. The van der Waals surface area contributed by atoms with Crippen LogP contribution < -0.4 is 0 Å². The standard InChI is InChI=1S/C14H10Br3F/c1-8-6-13(16)11(7-12(8)15)14(17)9-2-4-10(18)5-3-9/h2-7,14H,1H3. The van der Waals surface area contributed by atoms with Gasteiger partial charge in [-0.1, -0.05) is 59.9 Å². The Morgan fingerprint density at radius 2 is 1.61 bits per heavy atom. The third kappa shape index (κ3) is 3.03. The van der Waals surface area contributed by atoms with Crippen LogP contribution in [0, 0.1) is 12.7 Å². The summed E-state index contributed by atoms with van der Waals surface area (Å²) >= 11 is 10.8. The largest absolute Gasteiger partial charge is 0.207 e. The number of hydrogen-bond acceptors (Lipinski definition) is 0. The van der Waals surface area contributed by atoms with Crippen LogP contribution in [-0.2, 0) is 0 Å². The maximum absolute atomic E-state index is 12.9. The van der Waals surface area contributed by atoms with Crippen molar-refractivity contribution in [2.24, 2.45) is 0 Å². The molecule has 0 saturated carbocycles. The first-order valence-electron chi connectivity index (χ1n) is 5.34. The minimum atomic E-state index is -0.220. The molecule has 2 aromatic rings. The van der Waals surface area contributed by atoms with Crippen LogP contribution in [0.4, 0.5) is 4.39 Å². The van der Waals surface area contributed by atoms with Crippen molar-refractivity contribution >= 4 is 47.8 Å². The van der Waals surface area contributed by atoms with Gasteiger partial charge < -0.3 is 0 Å². The van der Waals surface area contributed by atoms with Crippen molar-refractivity contribution < 1.29 is 4.39 Å². The highest BCUT2D eigenvalue weighted by atomic mass is 79.9. The minimum absolute atomic E-state index is 0.0318. The summed E-state index contributed by atoms with van der Waals surface area (Å²) in [7, 11) is 0. The third-order valence-corrected chi connectivity index (χ3v) is 5.28. The van der Waals surface area contributed by atoms with E-state index < -0.39 is 0 Å². The highest BCUT2D eigenvalue weighted by Gasteiger charge is 2.15. The monoisotopic (exact) mass is 434 g/mol. The van der Waals surface area contributed by atoms with E-state index in [1.54, 1.807) is 12.1 Å². The lowest BCUT2D eigenvalue weighted by molar-refractivity contribution is 0.627. The van der Waals surface area contributed by atoms with E-state index in [0.29, 0.717) is 0 Å². The lowest BCUT2D eigenvalue weighted by Gasteiger charge is -2.14. The van der Waals surface area contributed by atoms with Crippen LogP contribution in [0.2, 0.25) is 0 Å². The molecule has 4 heteroatoms. The third-order valence-electron chi connectivity index (χ3n) is 2.71. The second kappa shape index (κ2) is 5.85. The molecule has 0 spiro atoms. The van der Waals surface area contributed by atoms with E-state index in [2.05, 4.69) is 59.9 Å². The van der Waals surface area contributed by atoms with Gasteiger partial charge in [0.25, 0.3) is 0 Å². The van der Waals surface area contributed by atoms with E-state index in [-0.39, 0.29) is 10.6 Å². The summed E-state index contributed by atoms with van der Waals surface area (Å²) in [4.78, 5) is 0.0318. The van der Waals surface area contributed by atoms with Crippen molar-refractivity contribution in [1.29, 1.82) is 0 Å². The molecule has 0 aliphatic heterocycles. The van der Waals surface area contributed by atoms with Gasteiger partial charge in [0, 0.05) is 8.95 Å². The zero-order valence-electron chi connectivity index (χ0n) is 9.55. The SMILES string of the molecule is Cc1cc(Br)c(C(Br)c2ccc(F)cc2)cc1Br. The van der Waals surface area contributed by atoms with Gasteiger partial charge in [-0.15, -0.1) is 0 Å². The topological polar surface area (TPSA) is 0 Å². The van der Waals surface area contributed by atoms with Gasteiger partial charge >= 0.3 is 0 Å². The summed E-state index contributed by atoms with van der Waals surface area (Å²) in [6, 6.07) is 10.7. The zero-order valence-corrected chi connectivity index (χ0v) is 14.3. The van der Waals surface area contributed by atoms with Crippen molar-refractivity contribution in [3.63, 3.8) is 0 Å². The van der Waals surface area contributed by atoms with Gasteiger partial charge in [0.15, 0.2) is 0 Å². The van der Waals surface area contributed by atoms with Crippen molar-refractivity contribution in [1.82, 2.24) is 0 Å². The highest BCUT2D eigenvalue weighted by molar-refractivity contribution is 9.11. The molecule has 0 aliphatic carbocycles. The summed E-state index contributed by atoms with van der Waals surface area (Å²) in [5.74, 6) is -0.220. The average molecular weight is 437 g/mol. The van der Waals surface area contributed by atoms with Crippen LogP contribution in [0.15, 0.2) is 45.3 Å². The number of hydrogen-bond donors (Lipinski definition) is 0. The Balaban J connectivity index is 2.42. The summed E-state index contributed by atoms with van der Waals surface area (Å²) in [6.45, 7) is 2.04. The molecule has 94 valence electrons. The summed E-state index contributed by atoms with van der Waals surface area (Å²) in [5.41, 5.74) is 3.30. The lowest BCUT2D eigenvalue weighted by Crippen LogP contribution is -1.95. The summed E-state index contributed by atoms with van der Waals surface area (Å²) in [5, 5.41) is 0. The van der Waals surface area contributed by atoms with E-state index in [0.717, 1.165) is 20.1 Å². The van der Waals surface area contributed by atoms with Gasteiger partial charge in [-0.05, 0) is 47.9 Å². The van der Waals surface area contributed by atoms with Gasteiger partial charge in [-0.25, -0.2) is 4.39 Å². The van der Waals surface area contributed by atoms with E-state index in [4.69, 9.17) is 0 Å². The van der Waals surface area contributed by atoms with E-state index >= 15 is 0 Å². The Morgan fingerprint density at radius 3 is 2.22 bits per heavy atom. The number of rotatable bonds is 2. The van der Waals surface area contributed by atoms with Crippen LogP contribution >= 0.6 is 47.8 Å². The van der Waals surface area contributed by atoms with Crippen molar-refractivity contribution in [3.8, 4) is 0 Å². The fourth-order valence-corrected chi connectivity index (χ4v) is 3.71.